The summed E-state index contributed by atoms with van der Waals surface area (Å²) in [6.07, 6.45) is 0. The molecule has 1 aliphatic heterocycles. The minimum atomic E-state index is -0.0394. The first-order chi connectivity index (χ1) is 13.2. The van der Waals surface area contributed by atoms with Crippen LogP contribution < -0.4 is 10.1 Å². The number of carbonyl (C=O) groups is 1. The summed E-state index contributed by atoms with van der Waals surface area (Å²) < 4.78 is 10.8. The monoisotopic (exact) mass is 384 g/mol. The zero-order valence-corrected chi connectivity index (χ0v) is 15.7. The van der Waals surface area contributed by atoms with Gasteiger partial charge in [0.15, 0.2) is 0 Å². The van der Waals surface area contributed by atoms with Crippen molar-refractivity contribution < 1.29 is 14.1 Å². The lowest BCUT2D eigenvalue weighted by molar-refractivity contribution is -0.118. The molecule has 1 fully saturated rings. The van der Waals surface area contributed by atoms with Crippen molar-refractivity contribution in [2.75, 3.05) is 31.6 Å². The number of amides is 1. The van der Waals surface area contributed by atoms with Gasteiger partial charge in [0.1, 0.15) is 5.75 Å². The molecule has 2 aromatic heterocycles. The van der Waals surface area contributed by atoms with Gasteiger partial charge < -0.3 is 14.6 Å². The molecule has 3 aromatic rings. The summed E-state index contributed by atoms with van der Waals surface area (Å²) in [5.41, 5.74) is 0.762. The van der Waals surface area contributed by atoms with Gasteiger partial charge in [-0.1, -0.05) is 11.2 Å². The maximum atomic E-state index is 12.2. The Morgan fingerprint density at radius 3 is 2.85 bits per heavy atom. The fourth-order valence-electron chi connectivity index (χ4n) is 2.97. The van der Waals surface area contributed by atoms with Crippen LogP contribution in [0.4, 0.5) is 5.69 Å². The molecule has 0 unspecified atom stereocenters. The molecule has 4 rings (SSSR count). The third-order valence-corrected chi connectivity index (χ3v) is 5.17. The Balaban J connectivity index is 1.24. The summed E-state index contributed by atoms with van der Waals surface area (Å²) in [6, 6.07) is 11.3. The minimum Gasteiger partial charge on any atom is -0.494 e. The van der Waals surface area contributed by atoms with Crippen LogP contribution in [-0.4, -0.2) is 47.2 Å². The summed E-state index contributed by atoms with van der Waals surface area (Å²) in [6.45, 7) is 4.38. The van der Waals surface area contributed by atoms with Crippen LogP contribution >= 0.6 is 11.3 Å². The molecule has 7 nitrogen and oxygen atoms in total. The molecule has 140 valence electrons. The summed E-state index contributed by atoms with van der Waals surface area (Å²) >= 11 is 1.58. The van der Waals surface area contributed by atoms with Gasteiger partial charge in [-0.2, -0.15) is 4.98 Å². The van der Waals surface area contributed by atoms with Crippen molar-refractivity contribution in [1.29, 1.82) is 0 Å². The number of rotatable bonds is 7. The molecule has 0 radical (unpaired) electrons. The highest BCUT2D eigenvalue weighted by molar-refractivity contribution is 7.13. The van der Waals surface area contributed by atoms with Crippen LogP contribution in [0.25, 0.3) is 10.7 Å². The van der Waals surface area contributed by atoms with E-state index in [0.29, 0.717) is 24.9 Å². The lowest BCUT2D eigenvalue weighted by atomic mass is 10.0. The van der Waals surface area contributed by atoms with Crippen molar-refractivity contribution in [2.45, 2.75) is 12.8 Å². The molecule has 1 N–H and O–H groups in total. The number of hydrogen-bond donors (Lipinski definition) is 1. The summed E-state index contributed by atoms with van der Waals surface area (Å²) in [4.78, 5) is 19.7. The normalized spacial score (nSPS) is 14.7. The van der Waals surface area contributed by atoms with Gasteiger partial charge in [0.05, 0.1) is 23.9 Å². The average molecular weight is 384 g/mol. The fraction of sp³-hybridized carbons (Fsp3) is 0.316. The number of ether oxygens (including phenoxy) is 1. The molecule has 0 atom stereocenters. The molecule has 0 aliphatic carbocycles. The number of nitrogens with one attached hydrogen (secondary N) is 1. The number of likely N-dealkylation sites (tertiary alicyclic amines) is 1. The van der Waals surface area contributed by atoms with E-state index in [9.17, 15) is 4.79 Å². The van der Waals surface area contributed by atoms with E-state index < -0.39 is 0 Å². The van der Waals surface area contributed by atoms with Crippen molar-refractivity contribution in [3.8, 4) is 16.5 Å². The number of thiophene rings is 1. The minimum absolute atomic E-state index is 0.0394. The van der Waals surface area contributed by atoms with E-state index in [2.05, 4.69) is 20.4 Å². The van der Waals surface area contributed by atoms with Crippen LogP contribution in [0.2, 0.25) is 0 Å². The third-order valence-electron chi connectivity index (χ3n) is 4.31. The van der Waals surface area contributed by atoms with Gasteiger partial charge >= 0.3 is 0 Å². The van der Waals surface area contributed by atoms with Crippen LogP contribution in [0.15, 0.2) is 46.3 Å². The molecule has 8 heteroatoms. The SMILES string of the molecule is CCOc1ccc(NC(=O)CN2CC(c3nc(-c4cccs4)no3)C2)cc1. The Labute approximate surface area is 161 Å². The van der Waals surface area contributed by atoms with Crippen molar-refractivity contribution in [3.63, 3.8) is 0 Å². The van der Waals surface area contributed by atoms with Crippen LogP contribution in [0.3, 0.4) is 0 Å². The van der Waals surface area contributed by atoms with E-state index in [1.165, 1.54) is 0 Å². The van der Waals surface area contributed by atoms with Gasteiger partial charge in [0, 0.05) is 18.8 Å². The van der Waals surface area contributed by atoms with Gasteiger partial charge in [-0.25, -0.2) is 0 Å². The maximum Gasteiger partial charge on any atom is 0.238 e. The quantitative estimate of drug-likeness (QED) is 0.674. The lowest BCUT2D eigenvalue weighted by Crippen LogP contribution is -2.48. The summed E-state index contributed by atoms with van der Waals surface area (Å²) in [7, 11) is 0. The first-order valence-electron chi connectivity index (χ1n) is 8.84. The second-order valence-corrected chi connectivity index (χ2v) is 7.28. The molecule has 0 bridgehead atoms. The fourth-order valence-corrected chi connectivity index (χ4v) is 3.62. The van der Waals surface area contributed by atoms with Crippen LogP contribution in [0.1, 0.15) is 18.7 Å². The second kappa shape index (κ2) is 7.89. The Morgan fingerprint density at radius 1 is 1.33 bits per heavy atom. The number of nitrogens with zero attached hydrogens (tertiary/aromatic N) is 3. The van der Waals surface area contributed by atoms with Gasteiger partial charge in [-0.15, -0.1) is 11.3 Å². The largest absolute Gasteiger partial charge is 0.494 e. The number of benzene rings is 1. The molecule has 27 heavy (non-hydrogen) atoms. The van der Waals surface area contributed by atoms with Gasteiger partial charge in [-0.05, 0) is 42.6 Å². The molecule has 1 aliphatic rings. The van der Waals surface area contributed by atoms with Gasteiger partial charge in [0.25, 0.3) is 0 Å². The molecule has 0 spiro atoms. The Bertz CT molecular complexity index is 886. The Hall–Kier alpha value is -2.71. The van der Waals surface area contributed by atoms with Crippen molar-refractivity contribution in [1.82, 2.24) is 15.0 Å². The Morgan fingerprint density at radius 2 is 2.15 bits per heavy atom. The predicted molar refractivity (Wildman–Crippen MR) is 103 cm³/mol. The highest BCUT2D eigenvalue weighted by atomic mass is 32.1. The summed E-state index contributed by atoms with van der Waals surface area (Å²) in [5, 5.41) is 8.93. The first-order valence-corrected chi connectivity index (χ1v) is 9.72. The highest BCUT2D eigenvalue weighted by Crippen LogP contribution is 2.28. The average Bonchev–Trinajstić information content (AvgIpc) is 3.31. The summed E-state index contributed by atoms with van der Waals surface area (Å²) in [5.74, 6) is 2.21. The van der Waals surface area contributed by atoms with E-state index >= 15 is 0 Å². The topological polar surface area (TPSA) is 80.5 Å². The van der Waals surface area contributed by atoms with E-state index in [1.807, 2.05) is 48.7 Å². The molecular formula is C19H20N4O3S. The second-order valence-electron chi connectivity index (χ2n) is 6.33. The predicted octanol–water partition coefficient (Wildman–Crippen LogP) is 3.23. The van der Waals surface area contributed by atoms with Crippen LogP contribution in [-0.2, 0) is 4.79 Å². The molecular weight excluding hydrogens is 364 g/mol. The number of aromatic nitrogens is 2. The van der Waals surface area contributed by atoms with E-state index in [-0.39, 0.29) is 11.8 Å². The Kier molecular flexibility index (Phi) is 5.17. The van der Waals surface area contributed by atoms with E-state index in [4.69, 9.17) is 9.26 Å². The van der Waals surface area contributed by atoms with Gasteiger partial charge in [-0.3, -0.25) is 9.69 Å². The highest BCUT2D eigenvalue weighted by Gasteiger charge is 2.33. The zero-order valence-electron chi connectivity index (χ0n) is 14.9. The zero-order chi connectivity index (χ0) is 18.6. The van der Waals surface area contributed by atoms with Gasteiger partial charge in [0.2, 0.25) is 17.6 Å². The van der Waals surface area contributed by atoms with Crippen LogP contribution in [0, 0.1) is 0 Å². The van der Waals surface area contributed by atoms with Crippen molar-refractivity contribution in [3.05, 3.63) is 47.7 Å². The molecule has 3 heterocycles. The van der Waals surface area contributed by atoms with E-state index in [1.54, 1.807) is 11.3 Å². The third kappa shape index (κ3) is 4.17. The van der Waals surface area contributed by atoms with E-state index in [0.717, 1.165) is 29.4 Å². The number of hydrogen-bond acceptors (Lipinski definition) is 7. The first kappa shape index (κ1) is 17.7. The molecule has 0 saturated carbocycles. The number of anilines is 1. The van der Waals surface area contributed by atoms with Crippen LogP contribution in [0.5, 0.6) is 5.75 Å². The molecule has 1 aromatic carbocycles. The number of carbonyl (C=O) groups excluding carboxylic acids is 1. The standard InChI is InChI=1S/C19H20N4O3S/c1-2-25-15-7-5-14(6-8-15)20-17(24)12-23-10-13(11-23)19-21-18(22-26-19)16-4-3-9-27-16/h3-9,13H,2,10-12H2,1H3,(H,20,24). The van der Waals surface area contributed by atoms with Crippen molar-refractivity contribution >= 4 is 22.9 Å². The lowest BCUT2D eigenvalue weighted by Gasteiger charge is -2.36. The smallest absolute Gasteiger partial charge is 0.238 e. The molecule has 1 saturated heterocycles. The molecule has 1 amide bonds. The maximum absolute atomic E-state index is 12.2. The van der Waals surface area contributed by atoms with Crippen molar-refractivity contribution in [2.24, 2.45) is 0 Å².